The highest BCUT2D eigenvalue weighted by Crippen LogP contribution is 2.25. The second-order valence-corrected chi connectivity index (χ2v) is 4.66. The molecule has 0 bridgehead atoms. The molecule has 1 aromatic rings. The highest BCUT2D eigenvalue weighted by atomic mass is 15.3. The second kappa shape index (κ2) is 5.13. The highest BCUT2D eigenvalue weighted by molar-refractivity contribution is 6.11. The number of rotatable bonds is 1. The lowest BCUT2D eigenvalue weighted by atomic mass is 10.0. The van der Waals surface area contributed by atoms with Crippen molar-refractivity contribution in [1.29, 1.82) is 0 Å². The summed E-state index contributed by atoms with van der Waals surface area (Å²) < 4.78 is 0. The van der Waals surface area contributed by atoms with Crippen LogP contribution in [0.4, 0.5) is 5.69 Å². The summed E-state index contributed by atoms with van der Waals surface area (Å²) in [6.45, 7) is 4.06. The van der Waals surface area contributed by atoms with Gasteiger partial charge in [0.15, 0.2) is 0 Å². The zero-order valence-corrected chi connectivity index (χ0v) is 11.0. The fraction of sp³-hybridized carbons (Fsp3) is 0.133. The molecule has 2 aliphatic heterocycles. The van der Waals surface area contributed by atoms with Crippen molar-refractivity contribution < 1.29 is 0 Å². The molecule has 0 saturated carbocycles. The zero-order chi connectivity index (χ0) is 13.9. The number of hydrazone groups is 1. The molecule has 3 N–H and O–H groups in total. The molecule has 0 spiro atoms. The van der Waals surface area contributed by atoms with Gasteiger partial charge in [0.05, 0.1) is 17.2 Å². The van der Waals surface area contributed by atoms with Crippen LogP contribution in [0.15, 0.2) is 59.1 Å². The van der Waals surface area contributed by atoms with E-state index in [0.29, 0.717) is 5.84 Å². The second-order valence-electron chi connectivity index (χ2n) is 4.66. The van der Waals surface area contributed by atoms with E-state index >= 15 is 0 Å². The number of fused-ring (bicyclic) bond motifs is 1. The Balaban J connectivity index is 1.97. The Hall–Kier alpha value is -2.69. The van der Waals surface area contributed by atoms with E-state index in [1.165, 1.54) is 0 Å². The molecule has 0 saturated heterocycles. The van der Waals surface area contributed by atoms with Gasteiger partial charge in [-0.3, -0.25) is 10.4 Å². The molecule has 0 unspecified atom stereocenters. The van der Waals surface area contributed by atoms with E-state index in [0.717, 1.165) is 41.0 Å². The number of aliphatic imine (C=N–C) groups is 1. The number of aromatic nitrogens is 1. The van der Waals surface area contributed by atoms with Gasteiger partial charge in [-0.25, -0.2) is 4.99 Å². The predicted octanol–water partition coefficient (Wildman–Crippen LogP) is 2.47. The molecule has 20 heavy (non-hydrogen) atoms. The van der Waals surface area contributed by atoms with Gasteiger partial charge < -0.3 is 5.73 Å². The van der Waals surface area contributed by atoms with Gasteiger partial charge in [0.1, 0.15) is 0 Å². The molecule has 0 amide bonds. The molecule has 3 heterocycles. The Morgan fingerprint density at radius 1 is 1.25 bits per heavy atom. The molecule has 5 nitrogen and oxygen atoms in total. The van der Waals surface area contributed by atoms with Crippen LogP contribution < -0.4 is 11.2 Å². The van der Waals surface area contributed by atoms with Crippen LogP contribution in [0.3, 0.4) is 0 Å². The van der Waals surface area contributed by atoms with Gasteiger partial charge in [-0.2, -0.15) is 5.10 Å². The maximum atomic E-state index is 5.68. The standard InChI is InChI=1S/C15H15N5/c1-10-2-4-13(11-3-5-15(16)18-8-11)19-20-14-6-7-17-9-12(10)14/h2,4,6-9,20H,1,3,5H2,(H2,16,18)/b4-2-,19-13+. The van der Waals surface area contributed by atoms with Gasteiger partial charge >= 0.3 is 0 Å². The maximum absolute atomic E-state index is 5.68. The molecule has 5 heteroatoms. The molecule has 1 aromatic heterocycles. The predicted molar refractivity (Wildman–Crippen MR) is 82.4 cm³/mol. The van der Waals surface area contributed by atoms with Crippen LogP contribution in [-0.4, -0.2) is 16.5 Å². The van der Waals surface area contributed by atoms with Gasteiger partial charge in [-0.05, 0) is 29.7 Å². The van der Waals surface area contributed by atoms with Gasteiger partial charge in [-0.1, -0.05) is 12.7 Å². The number of anilines is 1. The Morgan fingerprint density at radius 3 is 2.95 bits per heavy atom. The molecule has 0 atom stereocenters. The number of nitrogens with one attached hydrogen (secondary N) is 1. The third-order valence-electron chi connectivity index (χ3n) is 3.27. The summed E-state index contributed by atoms with van der Waals surface area (Å²) in [4.78, 5) is 8.27. The maximum Gasteiger partial charge on any atom is 0.0992 e. The van der Waals surface area contributed by atoms with Crippen LogP contribution >= 0.6 is 0 Å². The first-order chi connectivity index (χ1) is 9.74. The van der Waals surface area contributed by atoms with Crippen molar-refractivity contribution in [3.8, 4) is 0 Å². The van der Waals surface area contributed by atoms with E-state index in [2.05, 4.69) is 27.1 Å². The normalized spacial score (nSPS) is 22.2. The van der Waals surface area contributed by atoms with Crippen LogP contribution in [-0.2, 0) is 0 Å². The summed E-state index contributed by atoms with van der Waals surface area (Å²) in [5, 5.41) is 4.44. The first-order valence-electron chi connectivity index (χ1n) is 6.40. The Labute approximate surface area is 117 Å². The average molecular weight is 265 g/mol. The number of nitrogens with zero attached hydrogens (tertiary/aromatic N) is 3. The number of allylic oxidation sites excluding steroid dienone is 4. The summed E-state index contributed by atoms with van der Waals surface area (Å²) in [6, 6.07) is 1.88. The summed E-state index contributed by atoms with van der Waals surface area (Å²) in [5.41, 5.74) is 13.4. The van der Waals surface area contributed by atoms with E-state index in [1.54, 1.807) is 18.6 Å². The number of pyridine rings is 1. The van der Waals surface area contributed by atoms with Gasteiger partial charge in [-0.15, -0.1) is 0 Å². The lowest BCUT2D eigenvalue weighted by Crippen LogP contribution is -2.16. The van der Waals surface area contributed by atoms with Crippen molar-refractivity contribution in [3.63, 3.8) is 0 Å². The number of hydrogen-bond acceptors (Lipinski definition) is 5. The number of hydrogen-bond donors (Lipinski definition) is 2. The van der Waals surface area contributed by atoms with E-state index in [9.17, 15) is 0 Å². The lowest BCUT2D eigenvalue weighted by Gasteiger charge is -2.15. The Kier molecular flexibility index (Phi) is 3.16. The van der Waals surface area contributed by atoms with Crippen molar-refractivity contribution in [2.75, 3.05) is 5.43 Å². The monoisotopic (exact) mass is 265 g/mol. The Morgan fingerprint density at radius 2 is 2.15 bits per heavy atom. The lowest BCUT2D eigenvalue weighted by molar-refractivity contribution is 1.01. The summed E-state index contributed by atoms with van der Waals surface area (Å²) >= 11 is 0. The number of amidine groups is 1. The topological polar surface area (TPSA) is 75.7 Å². The molecule has 100 valence electrons. The smallest absolute Gasteiger partial charge is 0.0992 e. The minimum Gasteiger partial charge on any atom is -0.387 e. The molecule has 3 rings (SSSR count). The van der Waals surface area contributed by atoms with E-state index in [4.69, 9.17) is 5.73 Å². The van der Waals surface area contributed by atoms with Crippen LogP contribution in [0.5, 0.6) is 0 Å². The summed E-state index contributed by atoms with van der Waals surface area (Å²) in [6.07, 6.45) is 10.8. The zero-order valence-electron chi connectivity index (χ0n) is 11.0. The first kappa shape index (κ1) is 12.3. The van der Waals surface area contributed by atoms with E-state index < -0.39 is 0 Å². The van der Waals surface area contributed by atoms with Gasteiger partial charge in [0.25, 0.3) is 0 Å². The van der Waals surface area contributed by atoms with E-state index in [-0.39, 0.29) is 0 Å². The van der Waals surface area contributed by atoms with Crippen molar-refractivity contribution in [1.82, 2.24) is 4.98 Å². The van der Waals surface area contributed by atoms with E-state index in [1.807, 2.05) is 18.2 Å². The largest absolute Gasteiger partial charge is 0.387 e. The SMILES string of the molecule is C=C1/C=C\C(C2=CN=C(N)CC2)=N/Nc2ccncc21. The van der Waals surface area contributed by atoms with Gasteiger partial charge in [0, 0.05) is 30.6 Å². The number of nitrogens with two attached hydrogens (primary N) is 1. The third-order valence-corrected chi connectivity index (χ3v) is 3.27. The molecule has 0 radical (unpaired) electrons. The van der Waals surface area contributed by atoms with Crippen molar-refractivity contribution in [2.45, 2.75) is 12.8 Å². The molecular weight excluding hydrogens is 250 g/mol. The quantitative estimate of drug-likeness (QED) is 0.819. The minimum atomic E-state index is 0.665. The van der Waals surface area contributed by atoms with Crippen molar-refractivity contribution in [3.05, 3.63) is 54.5 Å². The molecule has 0 fully saturated rings. The van der Waals surface area contributed by atoms with Crippen LogP contribution in [0.1, 0.15) is 18.4 Å². The third kappa shape index (κ3) is 2.38. The van der Waals surface area contributed by atoms with Crippen molar-refractivity contribution in [2.24, 2.45) is 15.8 Å². The van der Waals surface area contributed by atoms with Gasteiger partial charge in [0.2, 0.25) is 0 Å². The summed E-state index contributed by atoms with van der Waals surface area (Å²) in [5.74, 6) is 0.665. The first-order valence-corrected chi connectivity index (χ1v) is 6.40. The van der Waals surface area contributed by atoms with Crippen molar-refractivity contribution >= 4 is 22.8 Å². The highest BCUT2D eigenvalue weighted by Gasteiger charge is 2.12. The summed E-state index contributed by atoms with van der Waals surface area (Å²) in [7, 11) is 0. The van der Waals surface area contributed by atoms with Crippen LogP contribution in [0, 0.1) is 0 Å². The Bertz CT molecular complexity index is 679. The minimum absolute atomic E-state index is 0.665. The van der Waals surface area contributed by atoms with Crippen LogP contribution in [0.2, 0.25) is 0 Å². The molecule has 0 aliphatic carbocycles. The van der Waals surface area contributed by atoms with Crippen LogP contribution in [0.25, 0.3) is 5.57 Å². The fourth-order valence-electron chi connectivity index (χ4n) is 2.10. The molecule has 2 aliphatic rings. The molecular formula is C15H15N5. The average Bonchev–Trinajstić information content (AvgIpc) is 2.47. The molecule has 0 aromatic carbocycles. The fourth-order valence-corrected chi connectivity index (χ4v) is 2.10.